The lowest BCUT2D eigenvalue weighted by atomic mass is 10.0. The number of piperidine rings is 1. The van der Waals surface area contributed by atoms with E-state index in [4.69, 9.17) is 9.98 Å². The highest BCUT2D eigenvalue weighted by Gasteiger charge is 2.33. The van der Waals surface area contributed by atoms with Gasteiger partial charge in [-0.2, -0.15) is 0 Å². The van der Waals surface area contributed by atoms with Crippen molar-refractivity contribution in [3.05, 3.63) is 57.8 Å². The second-order valence-electron chi connectivity index (χ2n) is 9.27. The molecule has 33 heavy (non-hydrogen) atoms. The fraction of sp³-hybridized carbons (Fsp3) is 0.500. The van der Waals surface area contributed by atoms with E-state index in [1.165, 1.54) is 42.4 Å². The van der Waals surface area contributed by atoms with Gasteiger partial charge in [0.05, 0.1) is 10.6 Å². The second-order valence-corrected chi connectivity index (χ2v) is 10.3. The zero-order valence-electron chi connectivity index (χ0n) is 21.2. The van der Waals surface area contributed by atoms with Crippen LogP contribution >= 0.6 is 11.3 Å². The molecule has 2 aliphatic rings. The predicted molar refractivity (Wildman–Crippen MR) is 147 cm³/mol. The quantitative estimate of drug-likeness (QED) is 0.293. The zero-order chi connectivity index (χ0) is 24.0. The third-order valence-electron chi connectivity index (χ3n) is 6.58. The van der Waals surface area contributed by atoms with E-state index >= 15 is 0 Å². The van der Waals surface area contributed by atoms with Crippen LogP contribution in [0.1, 0.15) is 84.2 Å². The van der Waals surface area contributed by atoms with Crippen LogP contribution in [0, 0.1) is 0 Å². The number of hydrogen-bond donors (Lipinski definition) is 2. The Morgan fingerprint density at radius 1 is 1.18 bits per heavy atom. The summed E-state index contributed by atoms with van der Waals surface area (Å²) in [5.74, 6) is 0. The van der Waals surface area contributed by atoms with Gasteiger partial charge in [-0.25, -0.2) is 4.98 Å². The number of allylic oxidation sites excluding steroid dienone is 7. The van der Waals surface area contributed by atoms with Gasteiger partial charge in [-0.1, -0.05) is 43.1 Å². The summed E-state index contributed by atoms with van der Waals surface area (Å²) in [6, 6.07) is 1.85. The molecule has 2 atom stereocenters. The van der Waals surface area contributed by atoms with Crippen molar-refractivity contribution in [1.29, 1.82) is 0 Å². The lowest BCUT2D eigenvalue weighted by Gasteiger charge is -2.29. The van der Waals surface area contributed by atoms with E-state index in [0.29, 0.717) is 18.1 Å². The van der Waals surface area contributed by atoms with Gasteiger partial charge >= 0.3 is 0 Å². The molecule has 0 aromatic carbocycles. The third kappa shape index (κ3) is 6.87. The van der Waals surface area contributed by atoms with Crippen LogP contribution in [0.5, 0.6) is 0 Å². The van der Waals surface area contributed by atoms with E-state index in [2.05, 4.69) is 83.1 Å². The first kappa shape index (κ1) is 25.4. The molecule has 0 aliphatic carbocycles. The van der Waals surface area contributed by atoms with Crippen molar-refractivity contribution in [3.8, 4) is 0 Å². The van der Waals surface area contributed by atoms with E-state index in [0.717, 1.165) is 33.5 Å². The highest BCUT2D eigenvalue weighted by atomic mass is 32.1. The summed E-state index contributed by atoms with van der Waals surface area (Å²) >= 11 is 1.73. The van der Waals surface area contributed by atoms with Gasteiger partial charge in [0.1, 0.15) is 0 Å². The first-order chi connectivity index (χ1) is 15.8. The molecule has 2 unspecified atom stereocenters. The molecule has 4 nitrogen and oxygen atoms in total. The first-order valence-electron chi connectivity index (χ1n) is 12.2. The summed E-state index contributed by atoms with van der Waals surface area (Å²) in [5.41, 5.74) is 6.66. The minimum Gasteiger partial charge on any atom is -0.359 e. The van der Waals surface area contributed by atoms with E-state index in [9.17, 15) is 0 Å². The number of fused-ring (bicyclic) bond motifs is 2. The maximum atomic E-state index is 4.83. The van der Waals surface area contributed by atoms with Crippen molar-refractivity contribution in [3.63, 3.8) is 0 Å². The maximum absolute atomic E-state index is 4.83. The fourth-order valence-electron chi connectivity index (χ4n) is 4.74. The van der Waals surface area contributed by atoms with Gasteiger partial charge in [-0.05, 0) is 95.6 Å². The summed E-state index contributed by atoms with van der Waals surface area (Å²) in [6.45, 7) is 16.7. The van der Waals surface area contributed by atoms with Gasteiger partial charge in [-0.15, -0.1) is 0 Å². The smallest absolute Gasteiger partial charge is 0.184 e. The summed E-state index contributed by atoms with van der Waals surface area (Å²) in [7, 11) is 0. The molecule has 2 N–H and O–H groups in total. The Hall–Kier alpha value is -2.24. The number of hydrogen-bond acceptors (Lipinski definition) is 5. The Balaban J connectivity index is 1.76. The topological polar surface area (TPSA) is 49.3 Å². The third-order valence-corrected chi connectivity index (χ3v) is 7.52. The van der Waals surface area contributed by atoms with Crippen LogP contribution in [0.2, 0.25) is 0 Å². The lowest BCUT2D eigenvalue weighted by Crippen LogP contribution is -2.43. The zero-order valence-corrected chi connectivity index (χ0v) is 22.0. The number of thiazole rings is 1. The molecule has 5 heteroatoms. The molecule has 3 heterocycles. The lowest BCUT2D eigenvalue weighted by molar-refractivity contribution is 0.378. The number of nitrogens with one attached hydrogen (secondary N) is 2. The second kappa shape index (κ2) is 11.8. The molecule has 0 radical (unpaired) electrons. The van der Waals surface area contributed by atoms with Crippen molar-refractivity contribution < 1.29 is 0 Å². The Morgan fingerprint density at radius 2 is 1.88 bits per heavy atom. The monoisotopic (exact) mass is 464 g/mol. The first-order valence-corrected chi connectivity index (χ1v) is 13.1. The van der Waals surface area contributed by atoms with Crippen LogP contribution in [0.4, 0.5) is 5.13 Å². The molecule has 3 rings (SSSR count). The van der Waals surface area contributed by atoms with Crippen LogP contribution < -0.4 is 10.6 Å². The average molecular weight is 465 g/mol. The number of nitrogens with zero attached hydrogens (tertiary/aromatic N) is 2. The molecular weight excluding hydrogens is 424 g/mol. The fourth-order valence-corrected chi connectivity index (χ4v) is 5.79. The summed E-state index contributed by atoms with van der Waals surface area (Å²) in [6.07, 6.45) is 16.6. The number of anilines is 1. The van der Waals surface area contributed by atoms with Crippen molar-refractivity contribution >= 4 is 34.3 Å². The van der Waals surface area contributed by atoms with Gasteiger partial charge < -0.3 is 10.6 Å². The molecule has 1 aromatic rings. The highest BCUT2D eigenvalue weighted by Crippen LogP contribution is 2.32. The van der Waals surface area contributed by atoms with Crippen molar-refractivity contribution in [1.82, 2.24) is 10.3 Å². The van der Waals surface area contributed by atoms with E-state index < -0.39 is 0 Å². The van der Waals surface area contributed by atoms with E-state index in [1.54, 1.807) is 11.3 Å². The number of aliphatic imine (C=N–C) groups is 1. The summed E-state index contributed by atoms with van der Waals surface area (Å²) in [5, 5.41) is 8.43. The highest BCUT2D eigenvalue weighted by molar-refractivity contribution is 7.16. The normalized spacial score (nSPS) is 24.9. The van der Waals surface area contributed by atoms with Gasteiger partial charge in [0.2, 0.25) is 0 Å². The van der Waals surface area contributed by atoms with Crippen molar-refractivity contribution in [2.75, 3.05) is 5.32 Å². The number of rotatable bonds is 9. The molecule has 2 saturated heterocycles. The van der Waals surface area contributed by atoms with Crippen LogP contribution in [0.3, 0.4) is 0 Å². The minimum absolute atomic E-state index is 0.509. The molecular formula is C28H40N4S. The van der Waals surface area contributed by atoms with Crippen molar-refractivity contribution in [2.24, 2.45) is 4.99 Å². The molecule has 0 amide bonds. The molecule has 2 fully saturated rings. The van der Waals surface area contributed by atoms with Gasteiger partial charge in [0.25, 0.3) is 0 Å². The van der Waals surface area contributed by atoms with Crippen LogP contribution in [0.25, 0.3) is 12.2 Å². The Kier molecular flexibility index (Phi) is 9.04. The maximum Gasteiger partial charge on any atom is 0.184 e. The predicted octanol–water partition coefficient (Wildman–Crippen LogP) is 7.55. The summed E-state index contributed by atoms with van der Waals surface area (Å²) in [4.78, 5) is 10.7. The Morgan fingerprint density at radius 3 is 2.48 bits per heavy atom. The molecule has 2 aliphatic heterocycles. The largest absolute Gasteiger partial charge is 0.359 e. The Labute approximate surface area is 204 Å². The molecule has 178 valence electrons. The molecule has 0 spiro atoms. The van der Waals surface area contributed by atoms with Gasteiger partial charge in [0.15, 0.2) is 5.13 Å². The van der Waals surface area contributed by atoms with Gasteiger partial charge in [0, 0.05) is 29.5 Å². The summed E-state index contributed by atoms with van der Waals surface area (Å²) < 4.78 is 0. The van der Waals surface area contributed by atoms with E-state index in [-0.39, 0.29) is 0 Å². The van der Waals surface area contributed by atoms with Crippen molar-refractivity contribution in [2.45, 2.75) is 91.8 Å². The van der Waals surface area contributed by atoms with Crippen LogP contribution in [-0.4, -0.2) is 28.8 Å². The molecule has 2 bridgehead atoms. The number of aromatic nitrogens is 1. The van der Waals surface area contributed by atoms with Crippen LogP contribution in [0.15, 0.2) is 52.2 Å². The molecule has 0 saturated carbocycles. The van der Waals surface area contributed by atoms with Crippen LogP contribution in [-0.2, 0) is 0 Å². The average Bonchev–Trinajstić information content (AvgIpc) is 3.32. The minimum atomic E-state index is 0.509. The Bertz CT molecular complexity index is 993. The SMILES string of the molecule is C=Cc1nc(NC2CC3CCC(C2)N3)sc1/C=C(C)/C(/C=C(C)\C(C)=N/C(C)=C\CC)=C/C. The van der Waals surface area contributed by atoms with E-state index in [1.807, 2.05) is 6.08 Å². The standard InChI is InChI=1S/C28H40N4S/c1-8-11-20(6)29-21(7)18(4)14-22(9-2)19(5)15-27-26(10-3)32-28(33-27)31-25-16-23-12-13-24(17-25)30-23/h9-11,14-15,23-25,30H,3,8,12-13,16-17H2,1-2,4-7H3,(H,31,32)/b18-14-,19-15+,20-11-,22-9+,29-21-. The molecule has 1 aromatic heterocycles. The van der Waals surface area contributed by atoms with Gasteiger partial charge in [-0.3, -0.25) is 4.99 Å².